The number of rotatable bonds is 2. The van der Waals surface area contributed by atoms with Crippen LogP contribution in [0.3, 0.4) is 0 Å². The largest absolute Gasteiger partial charge is 0.471 e. The first-order chi connectivity index (χ1) is 10.8. The topological polar surface area (TPSA) is 59.8 Å². The van der Waals surface area contributed by atoms with E-state index in [1.54, 1.807) is 5.32 Å². The maximum atomic E-state index is 12.9. The Hall–Kier alpha value is -2.97. The van der Waals surface area contributed by atoms with Gasteiger partial charge >= 0.3 is 12.1 Å². The van der Waals surface area contributed by atoms with Gasteiger partial charge in [-0.05, 0) is 42.5 Å². The molecule has 0 aliphatic heterocycles. The minimum Gasteiger partial charge on any atom is -0.318 e. The molecule has 23 heavy (non-hydrogen) atoms. The standard InChI is InChI=1S/C14H8F4N4O/c15-8-1-4-10(5-2-8)22-20-11-6-3-9(7-12(11)21-22)19-13(23)14(16,17)18/h1-7H,(H,19,23). The normalized spacial score (nSPS) is 11.7. The van der Waals surface area contributed by atoms with Crippen molar-refractivity contribution in [1.82, 2.24) is 15.0 Å². The zero-order chi connectivity index (χ0) is 16.6. The molecule has 0 unspecified atom stereocenters. The molecule has 0 aliphatic rings. The van der Waals surface area contributed by atoms with Gasteiger partial charge in [0.15, 0.2) is 0 Å². The summed E-state index contributed by atoms with van der Waals surface area (Å²) in [5.74, 6) is -2.48. The zero-order valence-corrected chi connectivity index (χ0v) is 11.3. The SMILES string of the molecule is O=C(Nc1ccc2nn(-c3ccc(F)cc3)nc2c1)C(F)(F)F. The summed E-state index contributed by atoms with van der Waals surface area (Å²) < 4.78 is 49.6. The van der Waals surface area contributed by atoms with Crippen LogP contribution in [0.15, 0.2) is 42.5 Å². The Balaban J connectivity index is 1.92. The fraction of sp³-hybridized carbons (Fsp3) is 0.0714. The molecule has 3 aromatic rings. The molecule has 1 aromatic heterocycles. The Bertz CT molecular complexity index is 871. The molecule has 3 rings (SSSR count). The van der Waals surface area contributed by atoms with Gasteiger partial charge in [-0.15, -0.1) is 10.2 Å². The van der Waals surface area contributed by atoms with Gasteiger partial charge in [-0.3, -0.25) is 4.79 Å². The van der Waals surface area contributed by atoms with Gasteiger partial charge in [0.25, 0.3) is 0 Å². The third-order valence-electron chi connectivity index (χ3n) is 2.95. The van der Waals surface area contributed by atoms with Gasteiger partial charge in [-0.25, -0.2) is 4.39 Å². The molecule has 0 atom stereocenters. The number of nitrogens with one attached hydrogen (secondary N) is 1. The number of anilines is 1. The van der Waals surface area contributed by atoms with E-state index in [9.17, 15) is 22.4 Å². The number of halogens is 4. The first-order valence-electron chi connectivity index (χ1n) is 6.34. The minimum atomic E-state index is -4.97. The number of nitrogens with zero attached hydrogens (tertiary/aromatic N) is 3. The third-order valence-corrected chi connectivity index (χ3v) is 2.95. The number of aromatic nitrogens is 3. The highest BCUT2D eigenvalue weighted by Gasteiger charge is 2.38. The number of alkyl halides is 3. The lowest BCUT2D eigenvalue weighted by Gasteiger charge is -2.07. The van der Waals surface area contributed by atoms with Gasteiger partial charge in [0.1, 0.15) is 16.9 Å². The van der Waals surface area contributed by atoms with Crippen molar-refractivity contribution >= 4 is 22.6 Å². The average molecular weight is 324 g/mol. The van der Waals surface area contributed by atoms with Crippen LogP contribution >= 0.6 is 0 Å². The van der Waals surface area contributed by atoms with Crippen LogP contribution in [0, 0.1) is 5.82 Å². The lowest BCUT2D eigenvalue weighted by Crippen LogP contribution is -2.29. The highest BCUT2D eigenvalue weighted by atomic mass is 19.4. The van der Waals surface area contributed by atoms with E-state index >= 15 is 0 Å². The number of carbonyl (C=O) groups is 1. The number of hydrogen-bond donors (Lipinski definition) is 1. The van der Waals surface area contributed by atoms with Crippen molar-refractivity contribution in [1.29, 1.82) is 0 Å². The van der Waals surface area contributed by atoms with Crippen LogP contribution in [-0.4, -0.2) is 27.1 Å². The summed E-state index contributed by atoms with van der Waals surface area (Å²) in [5.41, 5.74) is 1.14. The second-order valence-electron chi connectivity index (χ2n) is 4.62. The third kappa shape index (κ3) is 3.12. The maximum Gasteiger partial charge on any atom is 0.471 e. The number of carbonyl (C=O) groups excluding carboxylic acids is 1. The van der Waals surface area contributed by atoms with E-state index in [1.165, 1.54) is 47.3 Å². The van der Waals surface area contributed by atoms with Crippen molar-refractivity contribution in [3.8, 4) is 5.69 Å². The van der Waals surface area contributed by atoms with Crippen LogP contribution in [0.1, 0.15) is 0 Å². The summed E-state index contributed by atoms with van der Waals surface area (Å²) in [7, 11) is 0. The van der Waals surface area contributed by atoms with Crippen molar-refractivity contribution in [3.05, 3.63) is 48.3 Å². The van der Waals surface area contributed by atoms with E-state index in [4.69, 9.17) is 0 Å². The maximum absolute atomic E-state index is 12.9. The monoisotopic (exact) mass is 324 g/mol. The molecular weight excluding hydrogens is 316 g/mol. The molecule has 0 bridgehead atoms. The Morgan fingerprint density at radius 2 is 1.65 bits per heavy atom. The molecule has 1 N–H and O–H groups in total. The molecule has 0 radical (unpaired) electrons. The smallest absolute Gasteiger partial charge is 0.318 e. The van der Waals surface area contributed by atoms with Gasteiger partial charge < -0.3 is 5.32 Å². The molecule has 9 heteroatoms. The molecule has 0 saturated carbocycles. The Labute approximate surface area is 126 Å². The number of amides is 1. The molecule has 118 valence electrons. The molecule has 5 nitrogen and oxygen atoms in total. The summed E-state index contributed by atoms with van der Waals surface area (Å²) in [6, 6.07) is 9.37. The van der Waals surface area contributed by atoms with Crippen LogP contribution in [0.25, 0.3) is 16.7 Å². The van der Waals surface area contributed by atoms with E-state index in [0.717, 1.165) is 0 Å². The predicted octanol–water partition coefficient (Wildman–Crippen LogP) is 3.06. The van der Waals surface area contributed by atoms with Gasteiger partial charge in [0.2, 0.25) is 0 Å². The first kappa shape index (κ1) is 14.9. The Morgan fingerprint density at radius 3 is 2.30 bits per heavy atom. The van der Waals surface area contributed by atoms with Crippen molar-refractivity contribution in [2.24, 2.45) is 0 Å². The van der Waals surface area contributed by atoms with Gasteiger partial charge in [-0.2, -0.15) is 18.0 Å². The van der Waals surface area contributed by atoms with Crippen molar-refractivity contribution in [2.45, 2.75) is 6.18 Å². The van der Waals surface area contributed by atoms with Crippen molar-refractivity contribution in [2.75, 3.05) is 5.32 Å². The fourth-order valence-corrected chi connectivity index (χ4v) is 1.88. The lowest BCUT2D eigenvalue weighted by molar-refractivity contribution is -0.167. The van der Waals surface area contributed by atoms with Gasteiger partial charge in [0, 0.05) is 5.69 Å². The minimum absolute atomic E-state index is 0.0500. The molecular formula is C14H8F4N4O. The van der Waals surface area contributed by atoms with Crippen molar-refractivity contribution in [3.63, 3.8) is 0 Å². The number of benzene rings is 2. The van der Waals surface area contributed by atoms with Gasteiger partial charge in [-0.1, -0.05) is 0 Å². The summed E-state index contributed by atoms with van der Waals surface area (Å²) in [4.78, 5) is 12.1. The van der Waals surface area contributed by atoms with E-state index in [1.807, 2.05) is 0 Å². The molecule has 2 aromatic carbocycles. The lowest BCUT2D eigenvalue weighted by atomic mass is 10.2. The van der Waals surface area contributed by atoms with E-state index in [0.29, 0.717) is 11.2 Å². The molecule has 0 spiro atoms. The molecule has 1 amide bonds. The fourth-order valence-electron chi connectivity index (χ4n) is 1.88. The summed E-state index contributed by atoms with van der Waals surface area (Å²) >= 11 is 0. The highest BCUT2D eigenvalue weighted by Crippen LogP contribution is 2.21. The predicted molar refractivity (Wildman–Crippen MR) is 73.5 cm³/mol. The Kier molecular flexibility index (Phi) is 3.47. The first-order valence-corrected chi connectivity index (χ1v) is 6.34. The van der Waals surface area contributed by atoms with Gasteiger partial charge in [0.05, 0.1) is 5.69 Å². The Morgan fingerprint density at radius 1 is 1.00 bits per heavy atom. The number of hydrogen-bond acceptors (Lipinski definition) is 3. The molecule has 0 aliphatic carbocycles. The van der Waals surface area contributed by atoms with Crippen LogP contribution in [0.4, 0.5) is 23.2 Å². The number of fused-ring (bicyclic) bond motifs is 1. The second kappa shape index (κ2) is 5.34. The van der Waals surface area contributed by atoms with Crippen LogP contribution in [0.5, 0.6) is 0 Å². The average Bonchev–Trinajstić information content (AvgIpc) is 2.90. The van der Waals surface area contributed by atoms with Crippen LogP contribution < -0.4 is 5.32 Å². The quantitative estimate of drug-likeness (QED) is 0.737. The summed E-state index contributed by atoms with van der Waals surface area (Å²) in [6.07, 6.45) is -4.97. The highest BCUT2D eigenvalue weighted by molar-refractivity contribution is 5.96. The van der Waals surface area contributed by atoms with Crippen LogP contribution in [0.2, 0.25) is 0 Å². The van der Waals surface area contributed by atoms with E-state index in [-0.39, 0.29) is 11.2 Å². The van der Waals surface area contributed by atoms with E-state index < -0.39 is 17.9 Å². The van der Waals surface area contributed by atoms with Crippen molar-refractivity contribution < 1.29 is 22.4 Å². The second-order valence-corrected chi connectivity index (χ2v) is 4.62. The molecule has 1 heterocycles. The van der Waals surface area contributed by atoms with E-state index in [2.05, 4.69) is 10.2 Å². The zero-order valence-electron chi connectivity index (χ0n) is 11.3. The summed E-state index contributed by atoms with van der Waals surface area (Å²) in [5, 5.41) is 9.96. The summed E-state index contributed by atoms with van der Waals surface area (Å²) in [6.45, 7) is 0. The van der Waals surface area contributed by atoms with Crippen LogP contribution in [-0.2, 0) is 4.79 Å². The molecule has 0 saturated heterocycles. The molecule has 0 fully saturated rings.